The van der Waals surface area contributed by atoms with Crippen molar-refractivity contribution >= 4 is 0 Å². The Balaban J connectivity index is 2.01. The van der Waals surface area contributed by atoms with Gasteiger partial charge >= 0.3 is 0 Å². The summed E-state index contributed by atoms with van der Waals surface area (Å²) in [6.45, 7) is 8.28. The molecule has 6 heteroatoms. The number of hydrogen-bond donors (Lipinski definition) is 2. The fourth-order valence-corrected chi connectivity index (χ4v) is 3.39. The normalized spacial score (nSPS) is 21.6. The third-order valence-electron chi connectivity index (χ3n) is 4.71. The maximum atomic E-state index is 8.96. The number of nitriles is 1. The predicted molar refractivity (Wildman–Crippen MR) is 90.8 cm³/mol. The largest absolute Gasteiger partial charge is 0.493 e. The van der Waals surface area contributed by atoms with Gasteiger partial charge in [-0.15, -0.1) is 0 Å². The van der Waals surface area contributed by atoms with Crippen LogP contribution in [-0.4, -0.2) is 54.1 Å². The van der Waals surface area contributed by atoms with Gasteiger partial charge in [0.05, 0.1) is 45.4 Å². The zero-order valence-corrected chi connectivity index (χ0v) is 15.1. The molecule has 1 aliphatic heterocycles. The first-order chi connectivity index (χ1) is 11.6. The Morgan fingerprint density at radius 2 is 1.62 bits per heavy atom. The molecule has 24 heavy (non-hydrogen) atoms. The van der Waals surface area contributed by atoms with Crippen molar-refractivity contribution in [2.24, 2.45) is 5.92 Å². The molecule has 0 radical (unpaired) electrons. The number of hydrogen-bond acceptors (Lipinski definition) is 4. The summed E-state index contributed by atoms with van der Waals surface area (Å²) in [5, 5.41) is 8.96. The maximum absolute atomic E-state index is 8.96. The van der Waals surface area contributed by atoms with Crippen molar-refractivity contribution in [3.8, 4) is 23.3 Å². The number of nitrogens with one attached hydrogen (secondary N) is 2. The SMILES string of the molecule is COc1ccc(C[NH+]2CC[NH+](C[C@@H](C)C#N)CC2)c(OC)c1OC. The lowest BCUT2D eigenvalue weighted by Gasteiger charge is -2.30. The van der Waals surface area contributed by atoms with Crippen LogP contribution >= 0.6 is 0 Å². The summed E-state index contributed by atoms with van der Waals surface area (Å²) in [7, 11) is 4.93. The van der Waals surface area contributed by atoms with Gasteiger partial charge in [0.2, 0.25) is 5.75 Å². The molecule has 6 nitrogen and oxygen atoms in total. The molecule has 0 bridgehead atoms. The standard InChI is InChI=1S/C18H27N3O3/c1-14(11-19)12-20-7-9-21(10-8-20)13-15-5-6-16(22-2)18(24-4)17(15)23-3/h5-6,14H,7-10,12-13H2,1-4H3/p+2/t14-/m0/s1. The highest BCUT2D eigenvalue weighted by molar-refractivity contribution is 5.55. The lowest BCUT2D eigenvalue weighted by atomic mass is 10.1. The smallest absolute Gasteiger partial charge is 0.203 e. The second-order valence-electron chi connectivity index (χ2n) is 6.40. The number of ether oxygens (including phenoxy) is 3. The quantitative estimate of drug-likeness (QED) is 0.682. The molecule has 0 saturated carbocycles. The molecule has 132 valence electrons. The minimum atomic E-state index is 0.132. The summed E-state index contributed by atoms with van der Waals surface area (Å²) in [6.07, 6.45) is 0. The van der Waals surface area contributed by atoms with E-state index in [1.54, 1.807) is 21.3 Å². The van der Waals surface area contributed by atoms with Crippen LogP contribution in [0.5, 0.6) is 17.2 Å². The summed E-state index contributed by atoms with van der Waals surface area (Å²) in [5.74, 6) is 2.24. The van der Waals surface area contributed by atoms with E-state index in [-0.39, 0.29) is 5.92 Å². The zero-order valence-electron chi connectivity index (χ0n) is 15.1. The summed E-state index contributed by atoms with van der Waals surface area (Å²) >= 11 is 0. The van der Waals surface area contributed by atoms with Crippen LogP contribution in [0.15, 0.2) is 12.1 Å². The van der Waals surface area contributed by atoms with E-state index in [2.05, 4.69) is 12.1 Å². The zero-order chi connectivity index (χ0) is 17.5. The van der Waals surface area contributed by atoms with Crippen molar-refractivity contribution in [3.63, 3.8) is 0 Å². The molecular formula is C18H29N3O3+2. The first-order valence-electron chi connectivity index (χ1n) is 8.47. The molecule has 1 aromatic carbocycles. The van der Waals surface area contributed by atoms with Gasteiger partial charge < -0.3 is 24.0 Å². The molecule has 1 heterocycles. The maximum Gasteiger partial charge on any atom is 0.203 e. The van der Waals surface area contributed by atoms with Gasteiger partial charge in [-0.25, -0.2) is 0 Å². The first kappa shape index (κ1) is 18.4. The van der Waals surface area contributed by atoms with Gasteiger partial charge in [0.15, 0.2) is 11.5 Å². The first-order valence-corrected chi connectivity index (χ1v) is 8.47. The van der Waals surface area contributed by atoms with Gasteiger partial charge in [-0.3, -0.25) is 0 Å². The third kappa shape index (κ3) is 4.31. The number of benzene rings is 1. The van der Waals surface area contributed by atoms with E-state index in [0.29, 0.717) is 11.5 Å². The minimum Gasteiger partial charge on any atom is -0.493 e. The molecule has 0 spiro atoms. The molecular weight excluding hydrogens is 306 g/mol. The molecule has 2 rings (SSSR count). The van der Waals surface area contributed by atoms with E-state index < -0.39 is 0 Å². The van der Waals surface area contributed by atoms with Crippen LogP contribution in [0.3, 0.4) is 0 Å². The van der Waals surface area contributed by atoms with E-state index in [0.717, 1.165) is 50.6 Å². The number of quaternary nitrogens is 2. The Hall–Kier alpha value is -1.97. The Morgan fingerprint density at radius 1 is 1.00 bits per heavy atom. The summed E-state index contributed by atoms with van der Waals surface area (Å²) in [4.78, 5) is 3.07. The minimum absolute atomic E-state index is 0.132. The van der Waals surface area contributed by atoms with Gasteiger partial charge in [0.25, 0.3) is 0 Å². The molecule has 1 fully saturated rings. The summed E-state index contributed by atoms with van der Waals surface area (Å²) < 4.78 is 16.4. The van der Waals surface area contributed by atoms with E-state index >= 15 is 0 Å². The molecule has 1 aliphatic rings. The molecule has 0 aliphatic carbocycles. The topological polar surface area (TPSA) is 60.4 Å². The Labute approximate surface area is 144 Å². The third-order valence-corrected chi connectivity index (χ3v) is 4.71. The lowest BCUT2D eigenvalue weighted by molar-refractivity contribution is -1.02. The molecule has 1 saturated heterocycles. The van der Waals surface area contributed by atoms with Crippen LogP contribution in [-0.2, 0) is 6.54 Å². The molecule has 2 N–H and O–H groups in total. The van der Waals surface area contributed by atoms with Gasteiger partial charge in [0, 0.05) is 0 Å². The summed E-state index contributed by atoms with van der Waals surface area (Å²) in [6, 6.07) is 6.33. The van der Waals surface area contributed by atoms with Crippen molar-refractivity contribution in [2.45, 2.75) is 13.5 Å². The number of rotatable bonds is 7. The average molecular weight is 335 g/mol. The van der Waals surface area contributed by atoms with E-state index in [9.17, 15) is 0 Å². The van der Waals surface area contributed by atoms with Gasteiger partial charge in [0.1, 0.15) is 32.7 Å². The Morgan fingerprint density at radius 3 is 2.17 bits per heavy atom. The highest BCUT2D eigenvalue weighted by atomic mass is 16.5. The van der Waals surface area contributed by atoms with E-state index in [4.69, 9.17) is 19.5 Å². The summed E-state index contributed by atoms with van der Waals surface area (Å²) in [5.41, 5.74) is 1.14. The van der Waals surface area contributed by atoms with Gasteiger partial charge in [-0.1, -0.05) is 0 Å². The monoisotopic (exact) mass is 335 g/mol. The Kier molecular flexibility index (Phi) is 6.71. The van der Waals surface area contributed by atoms with Crippen LogP contribution in [0.4, 0.5) is 0 Å². The Bertz CT molecular complexity index is 578. The fraction of sp³-hybridized carbons (Fsp3) is 0.611. The molecule has 1 atom stereocenters. The van der Waals surface area contributed by atoms with Crippen LogP contribution in [0.25, 0.3) is 0 Å². The predicted octanol–water partition coefficient (Wildman–Crippen LogP) is -0.845. The number of nitrogens with zero attached hydrogens (tertiary/aromatic N) is 1. The van der Waals surface area contributed by atoms with Crippen LogP contribution in [0.1, 0.15) is 12.5 Å². The molecule has 0 aromatic heterocycles. The molecule has 0 unspecified atom stereocenters. The molecule has 0 amide bonds. The van der Waals surface area contributed by atoms with Gasteiger partial charge in [-0.2, -0.15) is 5.26 Å². The van der Waals surface area contributed by atoms with Crippen LogP contribution in [0.2, 0.25) is 0 Å². The van der Waals surface area contributed by atoms with E-state index in [1.165, 1.54) is 9.80 Å². The van der Waals surface area contributed by atoms with Gasteiger partial charge in [-0.05, 0) is 19.1 Å². The highest BCUT2D eigenvalue weighted by Gasteiger charge is 2.26. The van der Waals surface area contributed by atoms with Crippen molar-refractivity contribution < 1.29 is 24.0 Å². The molecule has 1 aromatic rings. The second-order valence-corrected chi connectivity index (χ2v) is 6.40. The number of methoxy groups -OCH3 is 3. The fourth-order valence-electron chi connectivity index (χ4n) is 3.39. The van der Waals surface area contributed by atoms with Crippen LogP contribution in [0, 0.1) is 17.2 Å². The van der Waals surface area contributed by atoms with Crippen LogP contribution < -0.4 is 24.0 Å². The van der Waals surface area contributed by atoms with Crippen molar-refractivity contribution in [1.29, 1.82) is 5.26 Å². The van der Waals surface area contributed by atoms with Crippen molar-refractivity contribution in [3.05, 3.63) is 17.7 Å². The highest BCUT2D eigenvalue weighted by Crippen LogP contribution is 2.39. The lowest BCUT2D eigenvalue weighted by Crippen LogP contribution is -3.27. The second kappa shape index (κ2) is 8.76. The van der Waals surface area contributed by atoms with E-state index in [1.807, 2.05) is 13.0 Å². The number of piperazine rings is 1. The van der Waals surface area contributed by atoms with Crippen molar-refractivity contribution in [2.75, 3.05) is 54.1 Å². The average Bonchev–Trinajstić information content (AvgIpc) is 2.62. The van der Waals surface area contributed by atoms with Crippen molar-refractivity contribution in [1.82, 2.24) is 0 Å².